The highest BCUT2D eigenvalue weighted by Crippen LogP contribution is 2.32. The Morgan fingerprint density at radius 1 is 1.29 bits per heavy atom. The Bertz CT molecular complexity index is 1170. The first kappa shape index (κ1) is 25.1. The Balaban J connectivity index is 2.15. The summed E-state index contributed by atoms with van der Waals surface area (Å²) in [6.45, 7) is 0. The Labute approximate surface area is 202 Å². The summed E-state index contributed by atoms with van der Waals surface area (Å²) >= 11 is 1.55. The number of nitrogens with two attached hydrogens (primary N) is 2. The van der Waals surface area contributed by atoms with Gasteiger partial charge in [-0.1, -0.05) is 6.07 Å². The monoisotopic (exact) mass is 486 g/mol. The number of pyridine rings is 1. The number of hydrogen-bond donors (Lipinski definition) is 4. The second-order valence-electron chi connectivity index (χ2n) is 7.72. The van der Waals surface area contributed by atoms with Crippen LogP contribution in [0.4, 0.5) is 11.4 Å². The van der Waals surface area contributed by atoms with Crippen LogP contribution in [0.1, 0.15) is 28.8 Å². The first-order chi connectivity index (χ1) is 16.3. The highest BCUT2D eigenvalue weighted by Gasteiger charge is 2.29. The number of rotatable bonds is 9. The van der Waals surface area contributed by atoms with E-state index >= 15 is 0 Å². The summed E-state index contributed by atoms with van der Waals surface area (Å²) in [4.78, 5) is 29.5. The van der Waals surface area contributed by atoms with E-state index in [1.807, 2.05) is 6.26 Å². The second kappa shape index (κ2) is 11.1. The maximum absolute atomic E-state index is 12.7. The summed E-state index contributed by atoms with van der Waals surface area (Å²) in [7, 11) is 4.62. The molecule has 12 heteroatoms. The lowest BCUT2D eigenvalue weighted by molar-refractivity contribution is -0.119. The minimum Gasteiger partial charge on any atom is -0.494 e. The topological polar surface area (TPSA) is 152 Å². The van der Waals surface area contributed by atoms with Crippen LogP contribution in [0.25, 0.3) is 0 Å². The second-order valence-corrected chi connectivity index (χ2v) is 8.56. The summed E-state index contributed by atoms with van der Waals surface area (Å²) in [6, 6.07) is 7.00. The van der Waals surface area contributed by atoms with Gasteiger partial charge in [-0.15, -0.1) is 16.9 Å². The molecule has 0 saturated heterocycles. The lowest BCUT2D eigenvalue weighted by Gasteiger charge is -2.18. The van der Waals surface area contributed by atoms with Crippen LogP contribution in [0, 0.1) is 5.92 Å². The smallest absolute Gasteiger partial charge is 0.254 e. The number of hydrogen-bond acceptors (Lipinski definition) is 8. The first-order valence-corrected chi connectivity index (χ1v) is 12.0. The first-order valence-electron chi connectivity index (χ1n) is 10.6. The standard InChI is InChI=1S/C22H30N8O3S/c1-25-22(32)15-11-30(12-34-4)18(27-21(31)13-8-9-13)10-17(15)26-16-7-5-6-14(19(16)33-3)20(23)28-29(2)24/h5-7,10-11,13,26H,8-9,12,24H2,1-4H3,(H2,23,28)(H,25,32)/b27-18+. The fourth-order valence-electron chi connectivity index (χ4n) is 3.30. The van der Waals surface area contributed by atoms with Crippen molar-refractivity contribution in [1.29, 1.82) is 0 Å². The Kier molecular flexibility index (Phi) is 8.18. The van der Waals surface area contributed by atoms with Crippen molar-refractivity contribution in [2.75, 3.05) is 32.8 Å². The highest BCUT2D eigenvalue weighted by atomic mass is 32.2. The van der Waals surface area contributed by atoms with Crippen molar-refractivity contribution in [2.45, 2.75) is 18.7 Å². The minimum atomic E-state index is -0.293. The molecule has 11 nitrogen and oxygen atoms in total. The van der Waals surface area contributed by atoms with Gasteiger partial charge < -0.3 is 25.7 Å². The molecule has 6 N–H and O–H groups in total. The van der Waals surface area contributed by atoms with Crippen molar-refractivity contribution >= 4 is 40.8 Å². The number of amidine groups is 1. The van der Waals surface area contributed by atoms with Crippen LogP contribution in [0.2, 0.25) is 0 Å². The Morgan fingerprint density at radius 2 is 2.03 bits per heavy atom. The number of nitrogens with one attached hydrogen (secondary N) is 2. The number of aromatic nitrogens is 1. The summed E-state index contributed by atoms with van der Waals surface area (Å²) < 4.78 is 7.39. The molecular formula is C22H30N8O3S. The number of hydrazine groups is 1. The van der Waals surface area contributed by atoms with Crippen molar-refractivity contribution in [3.63, 3.8) is 0 Å². The zero-order valence-electron chi connectivity index (χ0n) is 19.7. The van der Waals surface area contributed by atoms with Gasteiger partial charge in [0.15, 0.2) is 11.6 Å². The van der Waals surface area contributed by atoms with Crippen LogP contribution in [0.3, 0.4) is 0 Å². The molecule has 2 aromatic rings. The van der Waals surface area contributed by atoms with Crippen LogP contribution in [0.5, 0.6) is 5.75 Å². The molecular weight excluding hydrogens is 456 g/mol. The average molecular weight is 487 g/mol. The van der Waals surface area contributed by atoms with E-state index < -0.39 is 0 Å². The molecule has 1 aromatic heterocycles. The number of carbonyl (C=O) groups excluding carboxylic acids is 2. The van der Waals surface area contributed by atoms with Gasteiger partial charge in [0.2, 0.25) is 0 Å². The van der Waals surface area contributed by atoms with Gasteiger partial charge in [-0.2, -0.15) is 4.99 Å². The number of hydrazone groups is 1. The number of thioether (sulfide) groups is 1. The number of para-hydroxylation sites is 1. The summed E-state index contributed by atoms with van der Waals surface area (Å²) in [5.74, 6) is 6.24. The minimum absolute atomic E-state index is 0.0162. The van der Waals surface area contributed by atoms with Crippen LogP contribution >= 0.6 is 11.8 Å². The number of benzene rings is 1. The zero-order chi connectivity index (χ0) is 24.8. The molecule has 182 valence electrons. The third kappa shape index (κ3) is 5.88. The molecule has 2 amide bonds. The molecule has 1 aromatic carbocycles. The number of ether oxygens (including phenoxy) is 1. The fraction of sp³-hybridized carbons (Fsp3) is 0.364. The summed E-state index contributed by atoms with van der Waals surface area (Å²) in [5.41, 5.74) is 8.47. The van der Waals surface area contributed by atoms with Crippen molar-refractivity contribution in [3.8, 4) is 5.75 Å². The third-order valence-corrected chi connectivity index (χ3v) is 5.60. The fourth-order valence-corrected chi connectivity index (χ4v) is 3.78. The van der Waals surface area contributed by atoms with Gasteiger partial charge in [-0.25, -0.2) is 11.0 Å². The van der Waals surface area contributed by atoms with E-state index in [0.29, 0.717) is 39.6 Å². The number of nitrogens with zero attached hydrogens (tertiary/aromatic N) is 4. The van der Waals surface area contributed by atoms with Crippen molar-refractivity contribution in [3.05, 3.63) is 47.1 Å². The van der Waals surface area contributed by atoms with Gasteiger partial charge in [0.1, 0.15) is 5.49 Å². The maximum atomic E-state index is 12.7. The Hall–Kier alpha value is -3.51. The van der Waals surface area contributed by atoms with Crippen LogP contribution in [-0.2, 0) is 10.7 Å². The normalized spacial score (nSPS) is 14.0. The van der Waals surface area contributed by atoms with Gasteiger partial charge in [0.25, 0.3) is 11.8 Å². The zero-order valence-corrected chi connectivity index (χ0v) is 20.5. The molecule has 34 heavy (non-hydrogen) atoms. The number of carbonyl (C=O) groups is 2. The van der Waals surface area contributed by atoms with Crippen molar-refractivity contribution < 1.29 is 14.3 Å². The molecule has 0 radical (unpaired) electrons. The van der Waals surface area contributed by atoms with E-state index in [9.17, 15) is 9.59 Å². The third-order valence-electron chi connectivity index (χ3n) is 5.06. The molecule has 0 unspecified atom stereocenters. The summed E-state index contributed by atoms with van der Waals surface area (Å²) in [5, 5.41) is 11.1. The molecule has 1 heterocycles. The lowest BCUT2D eigenvalue weighted by atomic mass is 10.1. The SMILES string of the molecule is CNC(=O)c1cn(CSC)/c(=N/C(=O)C2CC2)cc1Nc1cccc(/C(N)=N/N(C)N)c1OC. The number of amides is 2. The van der Waals surface area contributed by atoms with Crippen molar-refractivity contribution in [2.24, 2.45) is 27.6 Å². The number of methoxy groups -OCH3 is 1. The van der Waals surface area contributed by atoms with E-state index in [-0.39, 0.29) is 23.6 Å². The highest BCUT2D eigenvalue weighted by molar-refractivity contribution is 7.97. The quantitative estimate of drug-likeness (QED) is 0.178. The van der Waals surface area contributed by atoms with Gasteiger partial charge in [-0.3, -0.25) is 9.59 Å². The van der Waals surface area contributed by atoms with Crippen LogP contribution in [0.15, 0.2) is 40.6 Å². The lowest BCUT2D eigenvalue weighted by Crippen LogP contribution is -2.27. The molecule has 1 aliphatic carbocycles. The molecule has 3 rings (SSSR count). The number of anilines is 2. The molecule has 0 spiro atoms. The molecule has 1 saturated carbocycles. The predicted octanol–water partition coefficient (Wildman–Crippen LogP) is 1.18. The molecule has 1 aliphatic rings. The van der Waals surface area contributed by atoms with E-state index in [1.54, 1.807) is 60.9 Å². The van der Waals surface area contributed by atoms with Crippen LogP contribution < -0.4 is 32.4 Å². The van der Waals surface area contributed by atoms with Gasteiger partial charge in [0.05, 0.1) is 35.5 Å². The van der Waals surface area contributed by atoms with E-state index in [1.165, 1.54) is 7.11 Å². The van der Waals surface area contributed by atoms with Gasteiger partial charge in [-0.05, 0) is 31.2 Å². The predicted molar refractivity (Wildman–Crippen MR) is 134 cm³/mol. The maximum Gasteiger partial charge on any atom is 0.254 e. The van der Waals surface area contributed by atoms with Crippen LogP contribution in [-0.4, -0.2) is 54.8 Å². The van der Waals surface area contributed by atoms with E-state index in [0.717, 1.165) is 18.0 Å². The van der Waals surface area contributed by atoms with E-state index in [4.69, 9.17) is 16.3 Å². The largest absolute Gasteiger partial charge is 0.494 e. The molecule has 0 bridgehead atoms. The van der Waals surface area contributed by atoms with Gasteiger partial charge >= 0.3 is 0 Å². The molecule has 1 fully saturated rings. The molecule has 0 atom stereocenters. The average Bonchev–Trinajstić information content (AvgIpc) is 3.65. The Morgan fingerprint density at radius 3 is 2.62 bits per heavy atom. The van der Waals surface area contributed by atoms with E-state index in [2.05, 4.69) is 20.7 Å². The van der Waals surface area contributed by atoms with Crippen molar-refractivity contribution in [1.82, 2.24) is 15.0 Å². The molecule has 0 aliphatic heterocycles. The summed E-state index contributed by atoms with van der Waals surface area (Å²) in [6.07, 6.45) is 5.34. The van der Waals surface area contributed by atoms with Gasteiger partial charge in [0, 0.05) is 32.3 Å².